The fourth-order valence-electron chi connectivity index (χ4n) is 2.55. The first-order valence-electron chi connectivity index (χ1n) is 6.94. The van der Waals surface area contributed by atoms with Crippen LogP contribution < -0.4 is 11.1 Å². The van der Waals surface area contributed by atoms with Crippen LogP contribution in [0.25, 0.3) is 0 Å². The molecule has 0 bridgehead atoms. The van der Waals surface area contributed by atoms with Crippen LogP contribution in [0.1, 0.15) is 25.3 Å². The minimum atomic E-state index is -0.0176. The number of likely N-dealkylation sites (tertiary alicyclic amines) is 1. The Hall–Kier alpha value is -1.55. The van der Waals surface area contributed by atoms with Gasteiger partial charge in [0, 0.05) is 24.8 Å². The van der Waals surface area contributed by atoms with E-state index in [2.05, 4.69) is 5.32 Å². The fourth-order valence-corrected chi connectivity index (χ4v) is 2.55. The number of carbonyl (C=O) groups is 1. The molecule has 0 saturated carbocycles. The number of amides is 2. The van der Waals surface area contributed by atoms with Crippen LogP contribution in [0.2, 0.25) is 0 Å². The van der Waals surface area contributed by atoms with E-state index in [1.54, 1.807) is 0 Å². The molecule has 1 aliphatic rings. The van der Waals surface area contributed by atoms with E-state index in [0.29, 0.717) is 5.92 Å². The first-order chi connectivity index (χ1) is 9.06. The maximum absolute atomic E-state index is 12.2. The van der Waals surface area contributed by atoms with Crippen LogP contribution in [0.4, 0.5) is 10.5 Å². The molecule has 2 rings (SSSR count). The van der Waals surface area contributed by atoms with Crippen molar-refractivity contribution in [2.45, 2.75) is 32.7 Å². The molecule has 3 N–H and O–H groups in total. The van der Waals surface area contributed by atoms with Crippen LogP contribution in [-0.2, 0) is 0 Å². The van der Waals surface area contributed by atoms with Gasteiger partial charge in [0.2, 0.25) is 0 Å². The highest BCUT2D eigenvalue weighted by molar-refractivity contribution is 5.89. The molecule has 1 aliphatic heterocycles. The predicted molar refractivity (Wildman–Crippen MR) is 78.1 cm³/mol. The first kappa shape index (κ1) is 13.9. The number of urea groups is 1. The van der Waals surface area contributed by atoms with Crippen molar-refractivity contribution in [3.63, 3.8) is 0 Å². The van der Waals surface area contributed by atoms with E-state index in [4.69, 9.17) is 5.73 Å². The maximum atomic E-state index is 12.2. The van der Waals surface area contributed by atoms with Gasteiger partial charge in [-0.3, -0.25) is 0 Å². The van der Waals surface area contributed by atoms with Crippen molar-refractivity contribution in [1.82, 2.24) is 4.90 Å². The molecule has 0 radical (unpaired) electrons. The van der Waals surface area contributed by atoms with Gasteiger partial charge in [-0.2, -0.15) is 0 Å². The summed E-state index contributed by atoms with van der Waals surface area (Å²) in [6, 6.07) is 7.99. The summed E-state index contributed by atoms with van der Waals surface area (Å²) in [6.45, 7) is 5.62. The fraction of sp³-hybridized carbons (Fsp3) is 0.533. The molecular weight excluding hydrogens is 238 g/mol. The lowest BCUT2D eigenvalue weighted by Gasteiger charge is -2.34. The molecule has 1 fully saturated rings. The second-order valence-electron chi connectivity index (χ2n) is 5.51. The second kappa shape index (κ2) is 6.06. The predicted octanol–water partition coefficient (Wildman–Crippen LogP) is 2.59. The molecule has 1 aromatic rings. The van der Waals surface area contributed by atoms with Crippen LogP contribution in [0.3, 0.4) is 0 Å². The number of anilines is 1. The number of hydrogen-bond donors (Lipinski definition) is 2. The van der Waals surface area contributed by atoms with Gasteiger partial charge < -0.3 is 16.0 Å². The van der Waals surface area contributed by atoms with Crippen molar-refractivity contribution in [2.75, 3.05) is 18.4 Å². The standard InChI is InChI=1S/C15H23N3O/c1-11-5-3-7-14(9-11)17-15(19)18-8-4-6-13(10-18)12(2)16/h3,5,7,9,12-13H,4,6,8,10,16H2,1-2H3,(H,17,19). The molecule has 4 heteroatoms. The SMILES string of the molecule is Cc1cccc(NC(=O)N2CCCC(C(C)N)C2)c1. The van der Waals surface area contributed by atoms with Gasteiger partial charge in [0.05, 0.1) is 0 Å². The second-order valence-corrected chi connectivity index (χ2v) is 5.51. The van der Waals surface area contributed by atoms with Crippen LogP contribution in [0, 0.1) is 12.8 Å². The first-order valence-corrected chi connectivity index (χ1v) is 6.94. The zero-order chi connectivity index (χ0) is 13.8. The average molecular weight is 261 g/mol. The van der Waals surface area contributed by atoms with E-state index in [1.807, 2.05) is 43.0 Å². The summed E-state index contributed by atoms with van der Waals surface area (Å²) in [5.41, 5.74) is 7.94. The molecule has 19 heavy (non-hydrogen) atoms. The molecule has 0 aliphatic carbocycles. The number of carbonyl (C=O) groups excluding carboxylic acids is 1. The van der Waals surface area contributed by atoms with Gasteiger partial charge in [-0.1, -0.05) is 12.1 Å². The highest BCUT2D eigenvalue weighted by Crippen LogP contribution is 2.20. The summed E-state index contributed by atoms with van der Waals surface area (Å²) in [5.74, 6) is 0.414. The monoisotopic (exact) mass is 261 g/mol. The van der Waals surface area contributed by atoms with Crippen molar-refractivity contribution >= 4 is 11.7 Å². The number of aryl methyl sites for hydroxylation is 1. The minimum absolute atomic E-state index is 0.0176. The third kappa shape index (κ3) is 3.70. The molecule has 104 valence electrons. The largest absolute Gasteiger partial charge is 0.328 e. The number of nitrogens with one attached hydrogen (secondary N) is 1. The molecular formula is C15H23N3O. The number of nitrogens with two attached hydrogens (primary N) is 1. The van der Waals surface area contributed by atoms with E-state index in [9.17, 15) is 4.79 Å². The Bertz CT molecular complexity index is 445. The summed E-state index contributed by atoms with van der Waals surface area (Å²) < 4.78 is 0. The summed E-state index contributed by atoms with van der Waals surface area (Å²) in [6.07, 6.45) is 2.15. The van der Waals surface area contributed by atoms with Crippen molar-refractivity contribution in [3.05, 3.63) is 29.8 Å². The molecule has 1 heterocycles. The van der Waals surface area contributed by atoms with Gasteiger partial charge >= 0.3 is 6.03 Å². The topological polar surface area (TPSA) is 58.4 Å². The smallest absolute Gasteiger partial charge is 0.321 e. The van der Waals surface area contributed by atoms with Crippen molar-refractivity contribution < 1.29 is 4.79 Å². The van der Waals surface area contributed by atoms with Gasteiger partial charge in [-0.25, -0.2) is 4.79 Å². The van der Waals surface area contributed by atoms with E-state index in [1.165, 1.54) is 0 Å². The minimum Gasteiger partial charge on any atom is -0.328 e. The van der Waals surface area contributed by atoms with Gasteiger partial charge in [0.1, 0.15) is 0 Å². The van der Waals surface area contributed by atoms with E-state index >= 15 is 0 Å². The highest BCUT2D eigenvalue weighted by Gasteiger charge is 2.25. The molecule has 2 unspecified atom stereocenters. The molecule has 4 nitrogen and oxygen atoms in total. The molecule has 2 atom stereocenters. The molecule has 1 saturated heterocycles. The van der Waals surface area contributed by atoms with Crippen LogP contribution in [0.15, 0.2) is 24.3 Å². The van der Waals surface area contributed by atoms with Crippen molar-refractivity contribution in [1.29, 1.82) is 0 Å². The lowest BCUT2D eigenvalue weighted by Crippen LogP contribution is -2.46. The van der Waals surface area contributed by atoms with Crippen LogP contribution in [-0.4, -0.2) is 30.1 Å². The van der Waals surface area contributed by atoms with Crippen LogP contribution >= 0.6 is 0 Å². The Morgan fingerprint density at radius 1 is 1.53 bits per heavy atom. The zero-order valence-corrected chi connectivity index (χ0v) is 11.7. The maximum Gasteiger partial charge on any atom is 0.321 e. The van der Waals surface area contributed by atoms with E-state index in [-0.39, 0.29) is 12.1 Å². The van der Waals surface area contributed by atoms with E-state index < -0.39 is 0 Å². The van der Waals surface area contributed by atoms with Gasteiger partial charge in [-0.15, -0.1) is 0 Å². The highest BCUT2D eigenvalue weighted by atomic mass is 16.2. The Balaban J connectivity index is 1.96. The quantitative estimate of drug-likeness (QED) is 0.859. The van der Waals surface area contributed by atoms with Crippen molar-refractivity contribution in [3.8, 4) is 0 Å². The number of piperidine rings is 1. The lowest BCUT2D eigenvalue weighted by molar-refractivity contribution is 0.169. The summed E-state index contributed by atoms with van der Waals surface area (Å²) in [4.78, 5) is 14.1. The average Bonchev–Trinajstić information content (AvgIpc) is 2.39. The van der Waals surface area contributed by atoms with Gasteiger partial charge in [0.15, 0.2) is 0 Å². The normalized spacial score (nSPS) is 21.0. The number of benzene rings is 1. The van der Waals surface area contributed by atoms with Gasteiger partial charge in [0.25, 0.3) is 0 Å². The summed E-state index contributed by atoms with van der Waals surface area (Å²) >= 11 is 0. The lowest BCUT2D eigenvalue weighted by atomic mass is 9.92. The number of nitrogens with zero attached hydrogens (tertiary/aromatic N) is 1. The third-order valence-electron chi connectivity index (χ3n) is 3.76. The number of hydrogen-bond acceptors (Lipinski definition) is 2. The summed E-state index contributed by atoms with van der Waals surface area (Å²) in [5, 5.41) is 2.96. The Morgan fingerprint density at radius 2 is 2.32 bits per heavy atom. The molecule has 0 spiro atoms. The molecule has 1 aromatic carbocycles. The third-order valence-corrected chi connectivity index (χ3v) is 3.76. The van der Waals surface area contributed by atoms with Crippen molar-refractivity contribution in [2.24, 2.45) is 11.7 Å². The molecule has 0 aromatic heterocycles. The van der Waals surface area contributed by atoms with Gasteiger partial charge in [-0.05, 0) is 50.3 Å². The summed E-state index contributed by atoms with van der Waals surface area (Å²) in [7, 11) is 0. The number of rotatable bonds is 2. The Kier molecular flexibility index (Phi) is 4.43. The Labute approximate surface area is 115 Å². The Morgan fingerprint density at radius 3 is 3.00 bits per heavy atom. The zero-order valence-electron chi connectivity index (χ0n) is 11.7. The molecule has 2 amide bonds. The van der Waals surface area contributed by atoms with Crippen LogP contribution in [0.5, 0.6) is 0 Å². The van der Waals surface area contributed by atoms with E-state index in [0.717, 1.165) is 37.2 Å².